The van der Waals surface area contributed by atoms with Crippen LogP contribution >= 0.6 is 0 Å². The Morgan fingerprint density at radius 2 is 2.05 bits per heavy atom. The highest BCUT2D eigenvalue weighted by Crippen LogP contribution is 2.33. The minimum Gasteiger partial charge on any atom is -0.486 e. The molecule has 1 amide bonds. The number of carbonyl (C=O) groups is 1. The number of amides is 1. The third-order valence-corrected chi connectivity index (χ3v) is 3.73. The first kappa shape index (κ1) is 14.2. The average molecular weight is 291 g/mol. The summed E-state index contributed by atoms with van der Waals surface area (Å²) in [6.45, 7) is 6.64. The molecule has 21 heavy (non-hydrogen) atoms. The quantitative estimate of drug-likeness (QED) is 0.823. The summed E-state index contributed by atoms with van der Waals surface area (Å²) in [5.41, 5.74) is 0.549. The molecule has 0 aliphatic carbocycles. The number of nitrogens with one attached hydrogen (secondary N) is 2. The fourth-order valence-electron chi connectivity index (χ4n) is 2.61. The highest BCUT2D eigenvalue weighted by Gasteiger charge is 2.20. The van der Waals surface area contributed by atoms with E-state index in [1.54, 1.807) is 6.07 Å². The number of benzene rings is 1. The van der Waals surface area contributed by atoms with Gasteiger partial charge in [0.1, 0.15) is 13.2 Å². The minimum absolute atomic E-state index is 0.104. The standard InChI is InChI=1S/C15H21N3O3/c19-15(17-6-9-18-7-4-16-5-8-18)12-2-1-3-13-14(12)21-11-10-20-13/h1-3,16H,4-11H2,(H,17,19). The third kappa shape index (κ3) is 3.46. The first-order valence-corrected chi connectivity index (χ1v) is 7.44. The molecule has 0 radical (unpaired) electrons. The van der Waals surface area contributed by atoms with E-state index in [4.69, 9.17) is 9.47 Å². The molecule has 0 spiro atoms. The van der Waals surface area contributed by atoms with Crippen LogP contribution in [0.4, 0.5) is 0 Å². The van der Waals surface area contributed by atoms with E-state index in [1.807, 2.05) is 12.1 Å². The lowest BCUT2D eigenvalue weighted by molar-refractivity contribution is 0.0936. The van der Waals surface area contributed by atoms with Crippen molar-refractivity contribution in [3.05, 3.63) is 23.8 Å². The molecule has 0 atom stereocenters. The number of hydrogen-bond acceptors (Lipinski definition) is 5. The fraction of sp³-hybridized carbons (Fsp3) is 0.533. The van der Waals surface area contributed by atoms with Crippen LogP contribution in [0.3, 0.4) is 0 Å². The number of para-hydroxylation sites is 1. The SMILES string of the molecule is O=C(NCCN1CCNCC1)c1cccc2c1OCCO2. The Hall–Kier alpha value is -1.79. The Labute approximate surface area is 124 Å². The van der Waals surface area contributed by atoms with Gasteiger partial charge in [0.2, 0.25) is 0 Å². The van der Waals surface area contributed by atoms with Gasteiger partial charge in [0.25, 0.3) is 5.91 Å². The molecule has 2 aliphatic heterocycles. The van der Waals surface area contributed by atoms with Crippen molar-refractivity contribution in [2.24, 2.45) is 0 Å². The molecule has 6 heteroatoms. The van der Waals surface area contributed by atoms with Gasteiger partial charge in [-0.25, -0.2) is 0 Å². The zero-order valence-electron chi connectivity index (χ0n) is 12.1. The molecule has 1 aromatic rings. The van der Waals surface area contributed by atoms with E-state index in [0.717, 1.165) is 32.7 Å². The van der Waals surface area contributed by atoms with Crippen molar-refractivity contribution in [3.63, 3.8) is 0 Å². The molecule has 1 saturated heterocycles. The van der Waals surface area contributed by atoms with Crippen molar-refractivity contribution in [2.45, 2.75) is 0 Å². The summed E-state index contributed by atoms with van der Waals surface area (Å²) in [6.07, 6.45) is 0. The largest absolute Gasteiger partial charge is 0.486 e. The molecule has 0 bridgehead atoms. The molecular weight excluding hydrogens is 270 g/mol. The molecular formula is C15H21N3O3. The lowest BCUT2D eigenvalue weighted by atomic mass is 10.1. The second kappa shape index (κ2) is 6.78. The van der Waals surface area contributed by atoms with Gasteiger partial charge in [0.05, 0.1) is 5.56 Å². The summed E-state index contributed by atoms with van der Waals surface area (Å²) in [5.74, 6) is 1.10. The summed E-state index contributed by atoms with van der Waals surface area (Å²) in [6, 6.07) is 5.42. The lowest BCUT2D eigenvalue weighted by Crippen LogP contribution is -2.46. The summed E-state index contributed by atoms with van der Waals surface area (Å²) >= 11 is 0. The van der Waals surface area contributed by atoms with Crippen LogP contribution in [-0.4, -0.2) is 63.3 Å². The molecule has 114 valence electrons. The number of ether oxygens (including phenoxy) is 2. The summed E-state index contributed by atoms with van der Waals surface area (Å²) in [5, 5.41) is 6.27. The van der Waals surface area contributed by atoms with E-state index < -0.39 is 0 Å². The maximum Gasteiger partial charge on any atom is 0.255 e. The van der Waals surface area contributed by atoms with E-state index in [0.29, 0.717) is 36.8 Å². The summed E-state index contributed by atoms with van der Waals surface area (Å²) in [7, 11) is 0. The molecule has 2 heterocycles. The molecule has 0 saturated carbocycles. The number of piperazine rings is 1. The van der Waals surface area contributed by atoms with Crippen molar-refractivity contribution < 1.29 is 14.3 Å². The van der Waals surface area contributed by atoms with Crippen LogP contribution in [0.2, 0.25) is 0 Å². The van der Waals surface area contributed by atoms with Crippen molar-refractivity contribution in [1.29, 1.82) is 0 Å². The first-order chi connectivity index (χ1) is 10.3. The van der Waals surface area contributed by atoms with Gasteiger partial charge in [-0.3, -0.25) is 9.69 Å². The van der Waals surface area contributed by atoms with E-state index in [-0.39, 0.29) is 5.91 Å². The van der Waals surface area contributed by atoms with Gasteiger partial charge < -0.3 is 20.1 Å². The minimum atomic E-state index is -0.104. The molecule has 1 aromatic carbocycles. The van der Waals surface area contributed by atoms with E-state index in [2.05, 4.69) is 15.5 Å². The Kier molecular flexibility index (Phi) is 4.57. The molecule has 2 aliphatic rings. The predicted octanol–water partition coefficient (Wildman–Crippen LogP) is 0.0928. The van der Waals surface area contributed by atoms with Crippen LogP contribution in [0, 0.1) is 0 Å². The van der Waals surface area contributed by atoms with Gasteiger partial charge in [-0.1, -0.05) is 6.07 Å². The van der Waals surface area contributed by atoms with Crippen molar-refractivity contribution in [3.8, 4) is 11.5 Å². The highest BCUT2D eigenvalue weighted by molar-refractivity contribution is 5.97. The first-order valence-electron chi connectivity index (χ1n) is 7.44. The van der Waals surface area contributed by atoms with Crippen molar-refractivity contribution in [1.82, 2.24) is 15.5 Å². The number of fused-ring (bicyclic) bond motifs is 1. The second-order valence-electron chi connectivity index (χ2n) is 5.18. The Balaban J connectivity index is 1.55. The van der Waals surface area contributed by atoms with Crippen LogP contribution < -0.4 is 20.1 Å². The van der Waals surface area contributed by atoms with Gasteiger partial charge in [-0.05, 0) is 12.1 Å². The molecule has 0 unspecified atom stereocenters. The highest BCUT2D eigenvalue weighted by atomic mass is 16.6. The molecule has 3 rings (SSSR count). The molecule has 2 N–H and O–H groups in total. The summed E-state index contributed by atoms with van der Waals surface area (Å²) < 4.78 is 11.1. The zero-order chi connectivity index (χ0) is 14.5. The fourth-order valence-corrected chi connectivity index (χ4v) is 2.61. The zero-order valence-corrected chi connectivity index (χ0v) is 12.1. The number of hydrogen-bond donors (Lipinski definition) is 2. The van der Waals surface area contributed by atoms with Gasteiger partial charge in [0, 0.05) is 39.3 Å². The van der Waals surface area contributed by atoms with Crippen LogP contribution in [0.1, 0.15) is 10.4 Å². The number of carbonyl (C=O) groups excluding carboxylic acids is 1. The van der Waals surface area contributed by atoms with Crippen LogP contribution in [0.5, 0.6) is 11.5 Å². The Bertz CT molecular complexity index is 501. The second-order valence-corrected chi connectivity index (χ2v) is 5.18. The van der Waals surface area contributed by atoms with Crippen LogP contribution in [0.25, 0.3) is 0 Å². The third-order valence-electron chi connectivity index (χ3n) is 3.73. The van der Waals surface area contributed by atoms with Gasteiger partial charge in [-0.2, -0.15) is 0 Å². The average Bonchev–Trinajstić information content (AvgIpc) is 2.55. The predicted molar refractivity (Wildman–Crippen MR) is 79.1 cm³/mol. The van der Waals surface area contributed by atoms with Crippen molar-refractivity contribution >= 4 is 5.91 Å². The molecule has 6 nitrogen and oxygen atoms in total. The van der Waals surface area contributed by atoms with E-state index in [9.17, 15) is 4.79 Å². The van der Waals surface area contributed by atoms with Crippen molar-refractivity contribution in [2.75, 3.05) is 52.5 Å². The van der Waals surface area contributed by atoms with E-state index in [1.165, 1.54) is 0 Å². The monoisotopic (exact) mass is 291 g/mol. The Morgan fingerprint density at radius 1 is 1.24 bits per heavy atom. The smallest absolute Gasteiger partial charge is 0.255 e. The Morgan fingerprint density at radius 3 is 2.90 bits per heavy atom. The number of nitrogens with zero attached hydrogens (tertiary/aromatic N) is 1. The van der Waals surface area contributed by atoms with Gasteiger partial charge in [-0.15, -0.1) is 0 Å². The topological polar surface area (TPSA) is 62.8 Å². The maximum atomic E-state index is 12.3. The normalized spacial score (nSPS) is 18.3. The summed E-state index contributed by atoms with van der Waals surface area (Å²) in [4.78, 5) is 14.6. The molecule has 1 fully saturated rings. The maximum absolute atomic E-state index is 12.3. The van der Waals surface area contributed by atoms with E-state index >= 15 is 0 Å². The lowest BCUT2D eigenvalue weighted by Gasteiger charge is -2.27. The van der Waals surface area contributed by atoms with Gasteiger partial charge in [0.15, 0.2) is 11.5 Å². The van der Waals surface area contributed by atoms with Crippen LogP contribution in [-0.2, 0) is 0 Å². The number of rotatable bonds is 4. The van der Waals surface area contributed by atoms with Crippen LogP contribution in [0.15, 0.2) is 18.2 Å². The molecule has 0 aromatic heterocycles. The van der Waals surface area contributed by atoms with Gasteiger partial charge >= 0.3 is 0 Å².